The Balaban J connectivity index is 3.12. The molecule has 0 aliphatic heterocycles. The van der Waals surface area contributed by atoms with E-state index in [0.29, 0.717) is 0 Å². The molecule has 8 heteroatoms. The number of benzene rings is 1. The van der Waals surface area contributed by atoms with Crippen LogP contribution in [0.2, 0.25) is 0 Å². The third kappa shape index (κ3) is 3.91. The zero-order valence-corrected chi connectivity index (χ0v) is 13.2. The van der Waals surface area contributed by atoms with Crippen molar-refractivity contribution in [2.45, 2.75) is 24.0 Å². The van der Waals surface area contributed by atoms with E-state index in [1.807, 2.05) is 0 Å². The summed E-state index contributed by atoms with van der Waals surface area (Å²) in [6, 6.07) is 5.16. The van der Waals surface area contributed by atoms with Crippen molar-refractivity contribution in [3.8, 4) is 0 Å². The molecule has 0 aliphatic rings. The van der Waals surface area contributed by atoms with Crippen LogP contribution < -0.4 is 0 Å². The molecule has 0 aromatic heterocycles. The Hall–Kier alpha value is -2.22. The lowest BCUT2D eigenvalue weighted by Crippen LogP contribution is -2.18. The predicted molar refractivity (Wildman–Crippen MR) is 80.1 cm³/mol. The highest BCUT2D eigenvalue weighted by molar-refractivity contribution is 7.92. The molecule has 0 spiro atoms. The number of para-hydroxylation sites is 1. The summed E-state index contributed by atoms with van der Waals surface area (Å²) in [5, 5.41) is 9.93. The summed E-state index contributed by atoms with van der Waals surface area (Å²) in [7, 11) is -2.69. The number of nitro benzene ring substituents is 1. The number of esters is 1. The van der Waals surface area contributed by atoms with E-state index in [-0.39, 0.29) is 4.90 Å². The van der Waals surface area contributed by atoms with Crippen LogP contribution in [0.5, 0.6) is 0 Å². The van der Waals surface area contributed by atoms with Gasteiger partial charge in [-0.1, -0.05) is 24.3 Å². The number of carbonyl (C=O) groups excluding carboxylic acids is 1. The second kappa shape index (κ2) is 7.17. The first-order valence-electron chi connectivity index (χ1n) is 6.45. The number of ether oxygens (including phenoxy) is 1. The quantitative estimate of drug-likeness (QED) is 0.343. The van der Waals surface area contributed by atoms with Crippen molar-refractivity contribution in [2.75, 3.05) is 7.11 Å². The molecule has 0 amide bonds. The Morgan fingerprint density at radius 2 is 1.86 bits per heavy atom. The summed E-state index contributed by atoms with van der Waals surface area (Å²) in [5.41, 5.74) is -0.469. The number of rotatable bonds is 6. The minimum Gasteiger partial charge on any atom is -0.469 e. The second-order valence-electron chi connectivity index (χ2n) is 4.67. The Morgan fingerprint density at radius 1 is 1.27 bits per heavy atom. The first kappa shape index (κ1) is 17.8. The van der Waals surface area contributed by atoms with E-state index in [2.05, 4.69) is 4.74 Å². The normalized spacial score (nSPS) is 14.5. The van der Waals surface area contributed by atoms with E-state index in [0.717, 1.165) is 6.07 Å². The molecule has 0 saturated carbocycles. The zero-order valence-electron chi connectivity index (χ0n) is 12.4. The molecule has 0 saturated heterocycles. The summed E-state index contributed by atoms with van der Waals surface area (Å²) < 4.78 is 29.4. The molecular weight excluding hydrogens is 310 g/mol. The molecule has 0 unspecified atom stereocenters. The van der Waals surface area contributed by atoms with Crippen molar-refractivity contribution in [1.29, 1.82) is 0 Å². The standard InChI is InChI=1S/C14H17NO6S/c1-10(14(16)21-3)8-9-11(2)22(19,20)13-7-5-4-6-12(13)15(17)18/h4-11H,1-3H3/t10-,11+/m1/s1. The van der Waals surface area contributed by atoms with Gasteiger partial charge < -0.3 is 4.74 Å². The molecule has 0 radical (unpaired) electrons. The molecule has 2 atom stereocenters. The third-order valence-electron chi connectivity index (χ3n) is 3.10. The summed E-state index contributed by atoms with van der Waals surface area (Å²) >= 11 is 0. The van der Waals surface area contributed by atoms with Gasteiger partial charge in [0.05, 0.1) is 23.2 Å². The van der Waals surface area contributed by atoms with Gasteiger partial charge in [0.25, 0.3) is 5.69 Å². The number of sulfone groups is 1. The van der Waals surface area contributed by atoms with Crippen LogP contribution in [0.15, 0.2) is 41.3 Å². The Kier molecular flexibility index (Phi) is 5.81. The lowest BCUT2D eigenvalue weighted by atomic mass is 10.1. The monoisotopic (exact) mass is 327 g/mol. The minimum atomic E-state index is -3.92. The van der Waals surface area contributed by atoms with E-state index in [1.54, 1.807) is 6.92 Å². The van der Waals surface area contributed by atoms with Crippen molar-refractivity contribution >= 4 is 21.5 Å². The second-order valence-corrected chi connectivity index (χ2v) is 6.95. The topological polar surface area (TPSA) is 104 Å². The molecule has 0 aliphatic carbocycles. The average molecular weight is 327 g/mol. The van der Waals surface area contributed by atoms with Crippen molar-refractivity contribution in [1.82, 2.24) is 0 Å². The third-order valence-corrected chi connectivity index (χ3v) is 5.20. The lowest BCUT2D eigenvalue weighted by molar-refractivity contribution is -0.387. The van der Waals surface area contributed by atoms with Gasteiger partial charge in [-0.05, 0) is 19.9 Å². The predicted octanol–water partition coefficient (Wildman–Crippen LogP) is 2.12. The van der Waals surface area contributed by atoms with Crippen molar-refractivity contribution in [3.63, 3.8) is 0 Å². The number of carbonyl (C=O) groups is 1. The van der Waals surface area contributed by atoms with Crippen LogP contribution in [0.3, 0.4) is 0 Å². The minimum absolute atomic E-state index is 0.345. The van der Waals surface area contributed by atoms with Gasteiger partial charge >= 0.3 is 5.97 Å². The Morgan fingerprint density at radius 3 is 2.41 bits per heavy atom. The van der Waals surface area contributed by atoms with Gasteiger partial charge in [-0.3, -0.25) is 14.9 Å². The molecule has 0 bridgehead atoms. The van der Waals surface area contributed by atoms with Gasteiger partial charge in [-0.15, -0.1) is 0 Å². The van der Waals surface area contributed by atoms with E-state index in [9.17, 15) is 23.3 Å². The van der Waals surface area contributed by atoms with Crippen molar-refractivity contribution < 1.29 is 22.9 Å². The van der Waals surface area contributed by atoms with E-state index < -0.39 is 37.6 Å². The van der Waals surface area contributed by atoms with Crippen LogP contribution in [0, 0.1) is 16.0 Å². The molecule has 1 aromatic rings. The van der Waals surface area contributed by atoms with Crippen molar-refractivity contribution in [2.24, 2.45) is 5.92 Å². The summed E-state index contributed by atoms with van der Waals surface area (Å²) in [6.45, 7) is 2.96. The first-order chi connectivity index (χ1) is 10.2. The number of methoxy groups -OCH3 is 1. The van der Waals surface area contributed by atoms with Gasteiger partial charge in [0, 0.05) is 6.07 Å². The van der Waals surface area contributed by atoms with Crippen LogP contribution >= 0.6 is 0 Å². The molecule has 1 rings (SSSR count). The molecule has 1 aromatic carbocycles. The molecule has 0 heterocycles. The van der Waals surface area contributed by atoms with Gasteiger partial charge in [-0.25, -0.2) is 8.42 Å². The molecule has 120 valence electrons. The number of hydrogen-bond donors (Lipinski definition) is 0. The zero-order chi connectivity index (χ0) is 16.9. The summed E-state index contributed by atoms with van der Waals surface area (Å²) in [6.07, 6.45) is 2.73. The van der Waals surface area contributed by atoms with Crippen molar-refractivity contribution in [3.05, 3.63) is 46.5 Å². The highest BCUT2D eigenvalue weighted by atomic mass is 32.2. The molecular formula is C14H17NO6S. The average Bonchev–Trinajstić information content (AvgIpc) is 2.51. The van der Waals surface area contributed by atoms with E-state index >= 15 is 0 Å². The number of nitro groups is 1. The van der Waals surface area contributed by atoms with Crippen LogP contribution in [0.25, 0.3) is 0 Å². The maximum absolute atomic E-state index is 12.4. The highest BCUT2D eigenvalue weighted by Crippen LogP contribution is 2.27. The van der Waals surface area contributed by atoms with Crippen LogP contribution in [-0.4, -0.2) is 31.7 Å². The largest absolute Gasteiger partial charge is 0.469 e. The number of nitrogens with zero attached hydrogens (tertiary/aromatic N) is 1. The fourth-order valence-electron chi connectivity index (χ4n) is 1.74. The highest BCUT2D eigenvalue weighted by Gasteiger charge is 2.29. The Bertz CT molecular complexity index is 695. The van der Waals surface area contributed by atoms with Gasteiger partial charge in [0.2, 0.25) is 0 Å². The molecule has 0 N–H and O–H groups in total. The van der Waals surface area contributed by atoms with Crippen LogP contribution in [0.1, 0.15) is 13.8 Å². The summed E-state index contributed by atoms with van der Waals surface area (Å²) in [5.74, 6) is -1.10. The fourth-order valence-corrected chi connectivity index (χ4v) is 3.14. The smallest absolute Gasteiger partial charge is 0.312 e. The van der Waals surface area contributed by atoms with Crippen LogP contribution in [0.4, 0.5) is 5.69 Å². The SMILES string of the molecule is COC(=O)[C@H](C)C=C[C@H](C)S(=O)(=O)c1ccccc1[N+](=O)[O-]. The molecule has 0 fully saturated rings. The maximum Gasteiger partial charge on any atom is 0.312 e. The first-order valence-corrected chi connectivity index (χ1v) is 8.00. The lowest BCUT2D eigenvalue weighted by Gasteiger charge is -2.10. The summed E-state index contributed by atoms with van der Waals surface area (Å²) in [4.78, 5) is 21.1. The fraction of sp³-hybridized carbons (Fsp3) is 0.357. The molecule has 22 heavy (non-hydrogen) atoms. The number of hydrogen-bond acceptors (Lipinski definition) is 6. The van der Waals surface area contributed by atoms with Crippen LogP contribution in [-0.2, 0) is 19.4 Å². The van der Waals surface area contributed by atoms with Gasteiger partial charge in [-0.2, -0.15) is 0 Å². The van der Waals surface area contributed by atoms with E-state index in [1.165, 1.54) is 44.4 Å². The Labute approximate surface area is 128 Å². The van der Waals surface area contributed by atoms with E-state index in [4.69, 9.17) is 0 Å². The van der Waals surface area contributed by atoms with Gasteiger partial charge in [0.15, 0.2) is 9.84 Å². The molecule has 7 nitrogen and oxygen atoms in total. The maximum atomic E-state index is 12.4. The van der Waals surface area contributed by atoms with Gasteiger partial charge in [0.1, 0.15) is 4.90 Å².